The molecular formula is C18H16N2O2. The lowest BCUT2D eigenvalue weighted by atomic mass is 10.3. The van der Waals surface area contributed by atoms with Crippen molar-refractivity contribution in [1.82, 2.24) is 0 Å². The maximum atomic E-state index is 9.81. The number of carbonyl (C=O) groups excluding carboxylic acids is 2. The molecule has 0 saturated heterocycles. The van der Waals surface area contributed by atoms with Crippen molar-refractivity contribution >= 4 is 23.5 Å². The van der Waals surface area contributed by atoms with E-state index in [4.69, 9.17) is 0 Å². The summed E-state index contributed by atoms with van der Waals surface area (Å²) in [6.07, 6.45) is 6.08. The number of benzene rings is 2. The Bertz CT molecular complexity index is 567. The molecule has 0 radical (unpaired) electrons. The molecule has 2 aromatic carbocycles. The molecule has 0 atom stereocenters. The zero-order valence-corrected chi connectivity index (χ0v) is 12.1. The van der Waals surface area contributed by atoms with Gasteiger partial charge in [-0.1, -0.05) is 61.7 Å². The van der Waals surface area contributed by atoms with Crippen LogP contribution < -0.4 is 0 Å². The van der Waals surface area contributed by atoms with Gasteiger partial charge in [-0.15, -0.1) is 0 Å². The van der Waals surface area contributed by atoms with Crippen molar-refractivity contribution in [3.05, 3.63) is 86.0 Å². The van der Waals surface area contributed by atoms with Crippen molar-refractivity contribution < 1.29 is 9.59 Å². The lowest BCUT2D eigenvalue weighted by Crippen LogP contribution is -1.64. The quantitative estimate of drug-likeness (QED) is 0.469. The summed E-state index contributed by atoms with van der Waals surface area (Å²) in [5.74, 6) is 0. The number of hydrogen-bond donors (Lipinski definition) is 0. The largest absolute Gasteiger partial charge is 0.240 e. The zero-order valence-electron chi connectivity index (χ0n) is 12.1. The topological polar surface area (TPSA) is 58.9 Å². The van der Waals surface area contributed by atoms with Gasteiger partial charge < -0.3 is 0 Å². The molecule has 2 rings (SSSR count). The van der Waals surface area contributed by atoms with Gasteiger partial charge in [-0.05, 0) is 24.3 Å². The SMILES string of the molecule is C=CC=C.O=C=Nc1ccc(N=C=O)cc1.c1ccccc1. The minimum Gasteiger partial charge on any atom is -0.211 e. The second-order valence-corrected chi connectivity index (χ2v) is 3.55. The van der Waals surface area contributed by atoms with Crippen LogP contribution >= 0.6 is 0 Å². The Morgan fingerprint density at radius 2 is 0.955 bits per heavy atom. The molecule has 110 valence electrons. The molecule has 0 heterocycles. The first-order chi connectivity index (χ1) is 10.8. The normalized spacial score (nSPS) is 7.45. The summed E-state index contributed by atoms with van der Waals surface area (Å²) in [6, 6.07) is 18.2. The van der Waals surface area contributed by atoms with Gasteiger partial charge in [-0.2, -0.15) is 9.98 Å². The van der Waals surface area contributed by atoms with Crippen LogP contribution in [0.3, 0.4) is 0 Å². The summed E-state index contributed by atoms with van der Waals surface area (Å²) in [7, 11) is 0. The summed E-state index contributed by atoms with van der Waals surface area (Å²) >= 11 is 0. The second-order valence-electron chi connectivity index (χ2n) is 3.55. The summed E-state index contributed by atoms with van der Waals surface area (Å²) < 4.78 is 0. The Morgan fingerprint density at radius 3 is 1.14 bits per heavy atom. The van der Waals surface area contributed by atoms with E-state index in [0.717, 1.165) is 0 Å². The first-order valence-corrected chi connectivity index (χ1v) is 6.27. The summed E-state index contributed by atoms with van der Waals surface area (Å²) in [4.78, 5) is 26.3. The maximum Gasteiger partial charge on any atom is 0.240 e. The Labute approximate surface area is 129 Å². The molecule has 0 fully saturated rings. The van der Waals surface area contributed by atoms with Crippen molar-refractivity contribution in [2.45, 2.75) is 0 Å². The molecular weight excluding hydrogens is 276 g/mol. The predicted octanol–water partition coefficient (Wildman–Crippen LogP) is 4.67. The van der Waals surface area contributed by atoms with E-state index in [2.05, 4.69) is 23.1 Å². The third-order valence-electron chi connectivity index (χ3n) is 2.03. The number of aliphatic imine (C=N–C) groups is 2. The van der Waals surface area contributed by atoms with E-state index in [1.54, 1.807) is 36.4 Å². The Balaban J connectivity index is 0.000000366. The van der Waals surface area contributed by atoms with E-state index in [1.807, 2.05) is 36.4 Å². The van der Waals surface area contributed by atoms with Crippen LogP contribution in [0.5, 0.6) is 0 Å². The van der Waals surface area contributed by atoms with Crippen molar-refractivity contribution in [3.63, 3.8) is 0 Å². The lowest BCUT2D eigenvalue weighted by molar-refractivity contribution is 0.564. The molecule has 0 bridgehead atoms. The van der Waals surface area contributed by atoms with Gasteiger partial charge in [0.1, 0.15) is 0 Å². The van der Waals surface area contributed by atoms with Gasteiger partial charge in [-0.3, -0.25) is 0 Å². The third kappa shape index (κ3) is 10.6. The third-order valence-corrected chi connectivity index (χ3v) is 2.03. The highest BCUT2D eigenvalue weighted by atomic mass is 16.1. The molecule has 0 spiro atoms. The van der Waals surface area contributed by atoms with Gasteiger partial charge in [-0.25, -0.2) is 9.59 Å². The van der Waals surface area contributed by atoms with Gasteiger partial charge in [0, 0.05) is 0 Å². The molecule has 0 saturated carbocycles. The monoisotopic (exact) mass is 292 g/mol. The standard InChI is InChI=1S/C8H4N2O2.C6H6.C4H6/c11-5-9-7-1-2-8(4-3-7)10-6-12;1-2-4-6-5-3-1;1-3-4-2/h1-4H;1-6H;3-4H,1-2H2. The second kappa shape index (κ2) is 14.1. The van der Waals surface area contributed by atoms with E-state index in [-0.39, 0.29) is 0 Å². The average molecular weight is 292 g/mol. The Hall–Kier alpha value is -3.32. The fourth-order valence-electron chi connectivity index (χ4n) is 1.09. The Morgan fingerprint density at radius 1 is 0.682 bits per heavy atom. The van der Waals surface area contributed by atoms with E-state index < -0.39 is 0 Å². The summed E-state index contributed by atoms with van der Waals surface area (Å²) in [6.45, 7) is 6.72. The number of rotatable bonds is 3. The van der Waals surface area contributed by atoms with Gasteiger partial charge in [0.15, 0.2) is 0 Å². The number of hydrogen-bond acceptors (Lipinski definition) is 4. The van der Waals surface area contributed by atoms with Crippen LogP contribution in [0.4, 0.5) is 11.4 Å². The fourth-order valence-corrected chi connectivity index (χ4v) is 1.09. The molecule has 0 N–H and O–H groups in total. The lowest BCUT2D eigenvalue weighted by Gasteiger charge is -1.89. The molecule has 0 aromatic heterocycles. The molecule has 4 heteroatoms. The fraction of sp³-hybridized carbons (Fsp3) is 0. The highest BCUT2D eigenvalue weighted by Crippen LogP contribution is 2.16. The predicted molar refractivity (Wildman–Crippen MR) is 88.8 cm³/mol. The minimum atomic E-state index is 0.481. The van der Waals surface area contributed by atoms with Crippen LogP contribution in [-0.2, 0) is 9.59 Å². The number of allylic oxidation sites excluding steroid dienone is 2. The van der Waals surface area contributed by atoms with Gasteiger partial charge in [0.05, 0.1) is 11.4 Å². The van der Waals surface area contributed by atoms with Crippen LogP contribution in [0, 0.1) is 0 Å². The molecule has 2 aromatic rings. The van der Waals surface area contributed by atoms with Crippen molar-refractivity contribution in [2.24, 2.45) is 9.98 Å². The summed E-state index contributed by atoms with van der Waals surface area (Å²) in [5, 5.41) is 0. The van der Waals surface area contributed by atoms with E-state index >= 15 is 0 Å². The van der Waals surface area contributed by atoms with Gasteiger partial charge in [0.25, 0.3) is 0 Å². The van der Waals surface area contributed by atoms with Gasteiger partial charge >= 0.3 is 0 Å². The average Bonchev–Trinajstić information content (AvgIpc) is 2.59. The highest BCUT2D eigenvalue weighted by molar-refractivity contribution is 5.55. The van der Waals surface area contributed by atoms with Crippen LogP contribution in [0.15, 0.2) is 96.0 Å². The van der Waals surface area contributed by atoms with Gasteiger partial charge in [0.2, 0.25) is 12.2 Å². The first-order valence-electron chi connectivity index (χ1n) is 6.27. The number of nitrogens with zero attached hydrogens (tertiary/aromatic N) is 2. The van der Waals surface area contributed by atoms with E-state index in [9.17, 15) is 9.59 Å². The minimum absolute atomic E-state index is 0.481. The maximum absolute atomic E-state index is 9.81. The molecule has 0 amide bonds. The zero-order chi connectivity index (χ0) is 16.5. The van der Waals surface area contributed by atoms with Crippen molar-refractivity contribution in [3.8, 4) is 0 Å². The molecule has 22 heavy (non-hydrogen) atoms. The van der Waals surface area contributed by atoms with Crippen LogP contribution in [0.2, 0.25) is 0 Å². The van der Waals surface area contributed by atoms with E-state index in [1.165, 1.54) is 12.2 Å². The van der Waals surface area contributed by atoms with Crippen LogP contribution in [-0.4, -0.2) is 12.2 Å². The van der Waals surface area contributed by atoms with E-state index in [0.29, 0.717) is 11.4 Å². The van der Waals surface area contributed by atoms with Crippen molar-refractivity contribution in [1.29, 1.82) is 0 Å². The molecule has 4 nitrogen and oxygen atoms in total. The smallest absolute Gasteiger partial charge is 0.211 e. The molecule has 0 aliphatic heterocycles. The highest BCUT2D eigenvalue weighted by Gasteiger charge is 1.89. The Kier molecular flexibility index (Phi) is 12.0. The first kappa shape index (κ1) is 18.7. The molecule has 0 unspecified atom stereocenters. The molecule has 0 aliphatic carbocycles. The number of isocyanates is 2. The summed E-state index contributed by atoms with van der Waals surface area (Å²) in [5.41, 5.74) is 0.963. The van der Waals surface area contributed by atoms with Crippen LogP contribution in [0.25, 0.3) is 0 Å². The molecule has 0 aliphatic rings. The van der Waals surface area contributed by atoms with Crippen molar-refractivity contribution in [2.75, 3.05) is 0 Å². The van der Waals surface area contributed by atoms with Crippen LogP contribution in [0.1, 0.15) is 0 Å².